The molecule has 126 valence electrons. The standard InChI is InChI=1S/C19H26N2O.ClH/c1-3-16(20-12-13-6-7-13)19-15-11-14(22-2)8-9-17(15)21-10-4-5-18(19)21;/h8-9,11,13,16,20H,3-7,10,12H2,1-2H3;1H/t16-;/m0./s1. The molecule has 0 radical (unpaired) electrons. The first kappa shape index (κ1) is 16.7. The van der Waals surface area contributed by atoms with E-state index in [0.29, 0.717) is 6.04 Å². The first-order valence-electron chi connectivity index (χ1n) is 8.74. The molecule has 1 N–H and O–H groups in total. The molecule has 1 aromatic carbocycles. The van der Waals surface area contributed by atoms with Crippen LogP contribution in [-0.4, -0.2) is 18.2 Å². The Labute approximate surface area is 144 Å². The third kappa shape index (κ3) is 2.97. The summed E-state index contributed by atoms with van der Waals surface area (Å²) in [7, 11) is 1.76. The maximum Gasteiger partial charge on any atom is 0.119 e. The number of halogens is 1. The Bertz CT molecular complexity index is 690. The molecule has 2 aromatic rings. The summed E-state index contributed by atoms with van der Waals surface area (Å²) >= 11 is 0. The van der Waals surface area contributed by atoms with Gasteiger partial charge in [0.1, 0.15) is 5.75 Å². The van der Waals surface area contributed by atoms with Crippen LogP contribution in [0.5, 0.6) is 5.75 Å². The molecular weight excluding hydrogens is 308 g/mol. The predicted molar refractivity (Wildman–Crippen MR) is 97.8 cm³/mol. The van der Waals surface area contributed by atoms with Gasteiger partial charge in [-0.15, -0.1) is 12.4 Å². The summed E-state index contributed by atoms with van der Waals surface area (Å²) in [5.41, 5.74) is 4.47. The second-order valence-corrected chi connectivity index (χ2v) is 6.81. The Hall–Kier alpha value is -1.19. The number of benzene rings is 1. The van der Waals surface area contributed by atoms with Gasteiger partial charge in [0.2, 0.25) is 0 Å². The summed E-state index contributed by atoms with van der Waals surface area (Å²) in [6, 6.07) is 7.04. The molecule has 4 rings (SSSR count). The summed E-state index contributed by atoms with van der Waals surface area (Å²) in [5, 5.41) is 5.23. The van der Waals surface area contributed by atoms with Crippen molar-refractivity contribution in [2.75, 3.05) is 13.7 Å². The Morgan fingerprint density at radius 3 is 2.87 bits per heavy atom. The maximum atomic E-state index is 5.47. The van der Waals surface area contributed by atoms with E-state index >= 15 is 0 Å². The normalized spacial score (nSPS) is 17.8. The molecule has 3 nitrogen and oxygen atoms in total. The van der Waals surface area contributed by atoms with E-state index in [1.54, 1.807) is 12.8 Å². The van der Waals surface area contributed by atoms with E-state index in [4.69, 9.17) is 4.74 Å². The van der Waals surface area contributed by atoms with Crippen LogP contribution in [0.3, 0.4) is 0 Å². The molecule has 1 atom stereocenters. The highest BCUT2D eigenvalue weighted by molar-refractivity contribution is 5.88. The monoisotopic (exact) mass is 334 g/mol. The average Bonchev–Trinajstić information content (AvgIpc) is 3.17. The highest BCUT2D eigenvalue weighted by Crippen LogP contribution is 2.38. The van der Waals surface area contributed by atoms with Gasteiger partial charge < -0.3 is 14.6 Å². The number of aryl methyl sites for hydroxylation is 1. The van der Waals surface area contributed by atoms with Crippen LogP contribution in [0, 0.1) is 5.92 Å². The van der Waals surface area contributed by atoms with Crippen molar-refractivity contribution in [2.45, 2.75) is 51.6 Å². The minimum Gasteiger partial charge on any atom is -0.497 e. The molecule has 0 bridgehead atoms. The van der Waals surface area contributed by atoms with Gasteiger partial charge in [-0.25, -0.2) is 0 Å². The van der Waals surface area contributed by atoms with Gasteiger partial charge in [-0.05, 0) is 68.3 Å². The van der Waals surface area contributed by atoms with E-state index in [9.17, 15) is 0 Å². The van der Waals surface area contributed by atoms with E-state index < -0.39 is 0 Å². The number of fused-ring (bicyclic) bond motifs is 3. The zero-order valence-electron chi connectivity index (χ0n) is 14.1. The molecule has 0 amide bonds. The lowest BCUT2D eigenvalue weighted by Gasteiger charge is -2.18. The first-order valence-corrected chi connectivity index (χ1v) is 8.74. The third-order valence-electron chi connectivity index (χ3n) is 5.32. The maximum absolute atomic E-state index is 5.47. The molecule has 2 aliphatic rings. The van der Waals surface area contributed by atoms with Crippen LogP contribution in [-0.2, 0) is 13.0 Å². The summed E-state index contributed by atoms with van der Waals surface area (Å²) in [6.45, 7) is 4.64. The van der Waals surface area contributed by atoms with Gasteiger partial charge >= 0.3 is 0 Å². The quantitative estimate of drug-likeness (QED) is 0.843. The van der Waals surface area contributed by atoms with Gasteiger partial charge in [0.05, 0.1) is 7.11 Å². The molecule has 1 aliphatic carbocycles. The predicted octanol–water partition coefficient (Wildman–Crippen LogP) is 4.47. The second-order valence-electron chi connectivity index (χ2n) is 6.81. The van der Waals surface area contributed by atoms with Gasteiger partial charge in [0, 0.05) is 29.2 Å². The summed E-state index contributed by atoms with van der Waals surface area (Å²) in [6.07, 6.45) is 6.46. The topological polar surface area (TPSA) is 26.2 Å². The second kappa shape index (κ2) is 6.74. The number of rotatable bonds is 6. The highest BCUT2D eigenvalue weighted by atomic mass is 35.5. The van der Waals surface area contributed by atoms with Crippen molar-refractivity contribution in [3.8, 4) is 5.75 Å². The Morgan fingerprint density at radius 1 is 1.35 bits per heavy atom. The minimum absolute atomic E-state index is 0. The van der Waals surface area contributed by atoms with Gasteiger partial charge in [-0.2, -0.15) is 0 Å². The van der Waals surface area contributed by atoms with Gasteiger partial charge in [-0.1, -0.05) is 6.92 Å². The Balaban J connectivity index is 0.00000156. The molecule has 0 spiro atoms. The fraction of sp³-hybridized carbons (Fsp3) is 0.579. The largest absolute Gasteiger partial charge is 0.497 e. The van der Waals surface area contributed by atoms with Crippen LogP contribution in [0.1, 0.15) is 49.9 Å². The van der Waals surface area contributed by atoms with Crippen LogP contribution < -0.4 is 10.1 Å². The van der Waals surface area contributed by atoms with Crippen LogP contribution in [0.4, 0.5) is 0 Å². The fourth-order valence-electron chi connectivity index (χ4n) is 3.94. The number of hydrogen-bond donors (Lipinski definition) is 1. The molecule has 1 aliphatic heterocycles. The van der Waals surface area contributed by atoms with Crippen LogP contribution in [0.2, 0.25) is 0 Å². The van der Waals surface area contributed by atoms with Crippen LogP contribution in [0.15, 0.2) is 18.2 Å². The van der Waals surface area contributed by atoms with Crippen molar-refractivity contribution < 1.29 is 4.74 Å². The van der Waals surface area contributed by atoms with Gasteiger partial charge in [-0.3, -0.25) is 0 Å². The third-order valence-corrected chi connectivity index (χ3v) is 5.32. The SMILES string of the molecule is CC[C@H](NCC1CC1)c1c2n(c3ccc(OC)cc13)CCC2.Cl. The van der Waals surface area contributed by atoms with E-state index in [-0.39, 0.29) is 12.4 Å². The molecule has 0 unspecified atom stereocenters. The number of nitrogens with zero attached hydrogens (tertiary/aromatic N) is 1. The van der Waals surface area contributed by atoms with Crippen LogP contribution in [0.25, 0.3) is 10.9 Å². The van der Waals surface area contributed by atoms with Crippen molar-refractivity contribution in [3.05, 3.63) is 29.5 Å². The fourth-order valence-corrected chi connectivity index (χ4v) is 3.94. The molecule has 1 saturated carbocycles. The highest BCUT2D eigenvalue weighted by Gasteiger charge is 2.28. The molecule has 2 heterocycles. The van der Waals surface area contributed by atoms with Crippen LogP contribution >= 0.6 is 12.4 Å². The smallest absolute Gasteiger partial charge is 0.119 e. The lowest BCUT2D eigenvalue weighted by Crippen LogP contribution is -2.23. The van der Waals surface area contributed by atoms with E-state index in [1.165, 1.54) is 48.7 Å². The zero-order chi connectivity index (χ0) is 15.1. The lowest BCUT2D eigenvalue weighted by molar-refractivity contribution is 0.415. The first-order chi connectivity index (χ1) is 10.8. The van der Waals surface area contributed by atoms with Crippen molar-refractivity contribution in [3.63, 3.8) is 0 Å². The van der Waals surface area contributed by atoms with Crippen molar-refractivity contribution in [1.82, 2.24) is 9.88 Å². The number of ether oxygens (including phenoxy) is 1. The number of nitrogens with one attached hydrogen (secondary N) is 1. The number of methoxy groups -OCH3 is 1. The summed E-state index contributed by atoms with van der Waals surface area (Å²) in [5.74, 6) is 1.89. The molecule has 1 aromatic heterocycles. The summed E-state index contributed by atoms with van der Waals surface area (Å²) < 4.78 is 8.00. The lowest BCUT2D eigenvalue weighted by atomic mass is 9.98. The van der Waals surface area contributed by atoms with E-state index in [0.717, 1.165) is 24.6 Å². The molecule has 1 fully saturated rings. The Morgan fingerprint density at radius 2 is 2.17 bits per heavy atom. The minimum atomic E-state index is 0. The number of hydrogen-bond acceptors (Lipinski definition) is 2. The van der Waals surface area contributed by atoms with E-state index in [1.807, 2.05) is 0 Å². The van der Waals surface area contributed by atoms with Gasteiger partial charge in [0.25, 0.3) is 0 Å². The molecular formula is C19H27ClN2O. The molecule has 23 heavy (non-hydrogen) atoms. The number of aromatic nitrogens is 1. The van der Waals surface area contributed by atoms with Crippen molar-refractivity contribution in [2.24, 2.45) is 5.92 Å². The Kier molecular flexibility index (Phi) is 4.88. The average molecular weight is 335 g/mol. The molecule has 4 heteroatoms. The van der Waals surface area contributed by atoms with Crippen molar-refractivity contribution in [1.29, 1.82) is 0 Å². The van der Waals surface area contributed by atoms with E-state index in [2.05, 4.69) is 35.0 Å². The van der Waals surface area contributed by atoms with Crippen molar-refractivity contribution >= 4 is 23.3 Å². The van der Waals surface area contributed by atoms with Gasteiger partial charge in [0.15, 0.2) is 0 Å². The molecule has 0 saturated heterocycles. The summed E-state index contributed by atoms with van der Waals surface area (Å²) in [4.78, 5) is 0. The zero-order valence-corrected chi connectivity index (χ0v) is 14.9.